The van der Waals surface area contributed by atoms with Gasteiger partial charge in [-0.1, -0.05) is 6.42 Å². The van der Waals surface area contributed by atoms with Crippen molar-refractivity contribution in [3.05, 3.63) is 0 Å². The minimum absolute atomic E-state index is 0.479. The fourth-order valence-corrected chi connectivity index (χ4v) is 2.08. The fraction of sp³-hybridized carbons (Fsp3) is 1.00. The second kappa shape index (κ2) is 3.11. The molecule has 0 spiro atoms. The molecular formula is C9H18N2. The lowest BCUT2D eigenvalue weighted by atomic mass is 9.92. The number of nitrogens with one attached hydrogen (secondary N) is 1. The van der Waals surface area contributed by atoms with Crippen LogP contribution in [0.2, 0.25) is 0 Å². The summed E-state index contributed by atoms with van der Waals surface area (Å²) < 4.78 is 0. The Morgan fingerprint density at radius 2 is 1.82 bits per heavy atom. The quantitative estimate of drug-likeness (QED) is 0.623. The standard InChI is InChI=1S/C9H18N2/c10-7-4-5-9(6-7)11-8-2-1-3-8/h7-9,11H,1-6,10H2. The molecule has 2 saturated carbocycles. The Balaban J connectivity index is 1.70. The molecule has 0 aromatic rings. The predicted octanol–water partition coefficient (Wildman–Crippen LogP) is 1.01. The maximum absolute atomic E-state index is 5.82. The van der Waals surface area contributed by atoms with Gasteiger partial charge >= 0.3 is 0 Å². The summed E-state index contributed by atoms with van der Waals surface area (Å²) in [6, 6.07) is 2.06. The minimum Gasteiger partial charge on any atom is -0.328 e. The van der Waals surface area contributed by atoms with Crippen LogP contribution in [0.4, 0.5) is 0 Å². The SMILES string of the molecule is NC1CCC(NC2CCC2)C1. The molecule has 11 heavy (non-hydrogen) atoms. The van der Waals surface area contributed by atoms with Gasteiger partial charge < -0.3 is 11.1 Å². The molecular weight excluding hydrogens is 136 g/mol. The molecule has 2 rings (SSSR count). The van der Waals surface area contributed by atoms with E-state index in [9.17, 15) is 0 Å². The average molecular weight is 154 g/mol. The molecule has 2 aliphatic carbocycles. The molecule has 0 heterocycles. The van der Waals surface area contributed by atoms with Gasteiger partial charge in [0.1, 0.15) is 0 Å². The summed E-state index contributed by atoms with van der Waals surface area (Å²) >= 11 is 0. The van der Waals surface area contributed by atoms with Crippen LogP contribution < -0.4 is 11.1 Å². The van der Waals surface area contributed by atoms with Gasteiger partial charge in [0.15, 0.2) is 0 Å². The number of rotatable bonds is 2. The van der Waals surface area contributed by atoms with Gasteiger partial charge in [0.25, 0.3) is 0 Å². The van der Waals surface area contributed by atoms with Gasteiger partial charge in [0.2, 0.25) is 0 Å². The Hall–Kier alpha value is -0.0800. The van der Waals surface area contributed by atoms with Crippen LogP contribution in [0.25, 0.3) is 0 Å². The van der Waals surface area contributed by atoms with Crippen molar-refractivity contribution < 1.29 is 0 Å². The Kier molecular flexibility index (Phi) is 2.14. The highest BCUT2D eigenvalue weighted by Crippen LogP contribution is 2.23. The smallest absolute Gasteiger partial charge is 0.00849 e. The Labute approximate surface area is 68.5 Å². The van der Waals surface area contributed by atoms with E-state index in [1.807, 2.05) is 0 Å². The van der Waals surface area contributed by atoms with Crippen molar-refractivity contribution >= 4 is 0 Å². The van der Waals surface area contributed by atoms with Crippen LogP contribution in [-0.2, 0) is 0 Å². The zero-order chi connectivity index (χ0) is 7.68. The van der Waals surface area contributed by atoms with E-state index in [2.05, 4.69) is 5.32 Å². The van der Waals surface area contributed by atoms with E-state index in [0.717, 1.165) is 12.1 Å². The van der Waals surface area contributed by atoms with Crippen LogP contribution in [0.15, 0.2) is 0 Å². The van der Waals surface area contributed by atoms with Gasteiger partial charge in [-0.2, -0.15) is 0 Å². The first kappa shape index (κ1) is 7.56. The van der Waals surface area contributed by atoms with Crippen LogP contribution in [0.5, 0.6) is 0 Å². The van der Waals surface area contributed by atoms with Gasteiger partial charge in [-0.3, -0.25) is 0 Å². The molecule has 2 nitrogen and oxygen atoms in total. The van der Waals surface area contributed by atoms with Crippen molar-refractivity contribution in [1.29, 1.82) is 0 Å². The van der Waals surface area contributed by atoms with E-state index in [0.29, 0.717) is 6.04 Å². The summed E-state index contributed by atoms with van der Waals surface area (Å²) in [5.74, 6) is 0. The monoisotopic (exact) mass is 154 g/mol. The summed E-state index contributed by atoms with van der Waals surface area (Å²) in [4.78, 5) is 0. The van der Waals surface area contributed by atoms with Crippen molar-refractivity contribution in [3.63, 3.8) is 0 Å². The normalized spacial score (nSPS) is 39.0. The van der Waals surface area contributed by atoms with E-state index in [4.69, 9.17) is 5.73 Å². The second-order valence-corrected chi connectivity index (χ2v) is 4.06. The Bertz CT molecular complexity index is 132. The summed E-state index contributed by atoms with van der Waals surface area (Å²) in [5.41, 5.74) is 5.82. The van der Waals surface area contributed by atoms with Crippen molar-refractivity contribution in [1.82, 2.24) is 5.32 Å². The van der Waals surface area contributed by atoms with Crippen LogP contribution in [0.1, 0.15) is 38.5 Å². The maximum Gasteiger partial charge on any atom is 0.00849 e. The molecule has 0 bridgehead atoms. The lowest BCUT2D eigenvalue weighted by molar-refractivity contribution is 0.304. The van der Waals surface area contributed by atoms with Crippen molar-refractivity contribution in [2.24, 2.45) is 5.73 Å². The van der Waals surface area contributed by atoms with E-state index in [1.165, 1.54) is 38.5 Å². The Morgan fingerprint density at radius 1 is 1.00 bits per heavy atom. The minimum atomic E-state index is 0.479. The second-order valence-electron chi connectivity index (χ2n) is 4.06. The van der Waals surface area contributed by atoms with E-state index < -0.39 is 0 Å². The molecule has 0 aromatic heterocycles. The largest absolute Gasteiger partial charge is 0.328 e. The third-order valence-corrected chi connectivity index (χ3v) is 3.05. The first-order chi connectivity index (χ1) is 5.34. The topological polar surface area (TPSA) is 38.0 Å². The highest BCUT2D eigenvalue weighted by Gasteiger charge is 2.26. The highest BCUT2D eigenvalue weighted by molar-refractivity contribution is 4.87. The van der Waals surface area contributed by atoms with Crippen molar-refractivity contribution in [2.45, 2.75) is 56.7 Å². The molecule has 0 amide bonds. The van der Waals surface area contributed by atoms with E-state index >= 15 is 0 Å². The van der Waals surface area contributed by atoms with Gasteiger partial charge in [-0.25, -0.2) is 0 Å². The van der Waals surface area contributed by atoms with Gasteiger partial charge in [0.05, 0.1) is 0 Å². The fourth-order valence-electron chi connectivity index (χ4n) is 2.08. The lowest BCUT2D eigenvalue weighted by Crippen LogP contribution is -2.41. The third-order valence-electron chi connectivity index (χ3n) is 3.05. The molecule has 2 fully saturated rings. The Morgan fingerprint density at radius 3 is 2.27 bits per heavy atom. The summed E-state index contributed by atoms with van der Waals surface area (Å²) in [5, 5.41) is 3.67. The van der Waals surface area contributed by atoms with E-state index in [-0.39, 0.29) is 0 Å². The average Bonchev–Trinajstić information content (AvgIpc) is 2.27. The molecule has 0 aromatic carbocycles. The van der Waals surface area contributed by atoms with Gasteiger partial charge in [-0.15, -0.1) is 0 Å². The zero-order valence-electron chi connectivity index (χ0n) is 7.05. The van der Waals surface area contributed by atoms with Crippen LogP contribution in [0, 0.1) is 0 Å². The first-order valence-corrected chi connectivity index (χ1v) is 4.86. The van der Waals surface area contributed by atoms with Gasteiger partial charge in [0, 0.05) is 18.1 Å². The third kappa shape index (κ3) is 1.74. The molecule has 2 heteroatoms. The summed E-state index contributed by atoms with van der Waals surface area (Å²) in [6.07, 6.45) is 7.95. The predicted molar refractivity (Wildman–Crippen MR) is 46.4 cm³/mol. The number of nitrogens with two attached hydrogens (primary N) is 1. The van der Waals surface area contributed by atoms with Gasteiger partial charge in [-0.05, 0) is 32.1 Å². The van der Waals surface area contributed by atoms with Crippen LogP contribution >= 0.6 is 0 Å². The lowest BCUT2D eigenvalue weighted by Gasteiger charge is -2.29. The highest BCUT2D eigenvalue weighted by atomic mass is 15.0. The maximum atomic E-state index is 5.82. The zero-order valence-corrected chi connectivity index (χ0v) is 7.05. The molecule has 0 radical (unpaired) electrons. The van der Waals surface area contributed by atoms with Crippen molar-refractivity contribution in [3.8, 4) is 0 Å². The molecule has 0 aliphatic heterocycles. The molecule has 2 atom stereocenters. The summed E-state index contributed by atoms with van der Waals surface area (Å²) in [6.45, 7) is 0. The number of hydrogen-bond donors (Lipinski definition) is 2. The number of hydrogen-bond acceptors (Lipinski definition) is 2. The van der Waals surface area contributed by atoms with Crippen molar-refractivity contribution in [2.75, 3.05) is 0 Å². The van der Waals surface area contributed by atoms with Crippen LogP contribution in [0.3, 0.4) is 0 Å². The van der Waals surface area contributed by atoms with E-state index in [1.54, 1.807) is 0 Å². The molecule has 64 valence electrons. The first-order valence-electron chi connectivity index (χ1n) is 4.86. The summed E-state index contributed by atoms with van der Waals surface area (Å²) in [7, 11) is 0. The molecule has 3 N–H and O–H groups in total. The van der Waals surface area contributed by atoms with Crippen LogP contribution in [-0.4, -0.2) is 18.1 Å². The molecule has 2 unspecified atom stereocenters. The molecule has 0 saturated heterocycles. The molecule has 2 aliphatic rings.